The predicted octanol–water partition coefficient (Wildman–Crippen LogP) is 1.23. The van der Waals surface area contributed by atoms with Crippen LogP contribution in [0.5, 0.6) is 0 Å². The molecule has 0 radical (unpaired) electrons. The number of hydrogen-bond acceptors (Lipinski definition) is 2. The molecular formula is C13H16N2O2. The Labute approximate surface area is 100 Å². The number of anilines is 1. The van der Waals surface area contributed by atoms with Crippen LogP contribution in [-0.4, -0.2) is 18.4 Å². The van der Waals surface area contributed by atoms with Crippen molar-refractivity contribution >= 4 is 17.5 Å². The van der Waals surface area contributed by atoms with Crippen LogP contribution in [0.25, 0.3) is 0 Å². The lowest BCUT2D eigenvalue weighted by Crippen LogP contribution is -2.23. The Balaban J connectivity index is 2.02. The lowest BCUT2D eigenvalue weighted by molar-refractivity contribution is -0.118. The number of hydrogen-bond donors (Lipinski definition) is 1. The highest BCUT2D eigenvalue weighted by Crippen LogP contribution is 2.21. The molecule has 1 saturated heterocycles. The zero-order valence-electron chi connectivity index (χ0n) is 9.69. The summed E-state index contributed by atoms with van der Waals surface area (Å²) in [6, 6.07) is 7.76. The van der Waals surface area contributed by atoms with Crippen LogP contribution in [0, 0.1) is 0 Å². The van der Waals surface area contributed by atoms with Crippen LogP contribution in [0.2, 0.25) is 0 Å². The number of amides is 2. The third kappa shape index (κ3) is 2.84. The SMILES string of the molecule is NC(=O)CCc1ccc(N2CCCC2=O)cc1. The van der Waals surface area contributed by atoms with E-state index in [-0.39, 0.29) is 11.8 Å². The van der Waals surface area contributed by atoms with Gasteiger partial charge in [-0.3, -0.25) is 9.59 Å². The molecule has 2 N–H and O–H groups in total. The number of nitrogens with two attached hydrogens (primary N) is 1. The molecule has 2 amide bonds. The maximum absolute atomic E-state index is 11.5. The average Bonchev–Trinajstić information content (AvgIpc) is 2.73. The Bertz CT molecular complexity index is 426. The summed E-state index contributed by atoms with van der Waals surface area (Å²) in [5.41, 5.74) is 7.10. The molecule has 0 saturated carbocycles. The zero-order valence-corrected chi connectivity index (χ0v) is 9.69. The maximum atomic E-state index is 11.5. The number of nitrogens with zero attached hydrogens (tertiary/aromatic N) is 1. The van der Waals surface area contributed by atoms with E-state index in [2.05, 4.69) is 0 Å². The van der Waals surface area contributed by atoms with Gasteiger partial charge in [0.05, 0.1) is 0 Å². The first-order chi connectivity index (χ1) is 8.16. The molecule has 1 aromatic rings. The van der Waals surface area contributed by atoms with Gasteiger partial charge in [-0.1, -0.05) is 12.1 Å². The summed E-state index contributed by atoms with van der Waals surface area (Å²) >= 11 is 0. The highest BCUT2D eigenvalue weighted by atomic mass is 16.2. The zero-order chi connectivity index (χ0) is 12.3. The van der Waals surface area contributed by atoms with Gasteiger partial charge in [-0.25, -0.2) is 0 Å². The minimum Gasteiger partial charge on any atom is -0.370 e. The normalized spacial score (nSPS) is 15.3. The summed E-state index contributed by atoms with van der Waals surface area (Å²) in [5.74, 6) is -0.0984. The molecule has 4 heteroatoms. The Morgan fingerprint density at radius 3 is 2.53 bits per heavy atom. The van der Waals surface area contributed by atoms with Crippen LogP contribution < -0.4 is 10.6 Å². The van der Waals surface area contributed by atoms with Gasteiger partial charge in [0.1, 0.15) is 0 Å². The van der Waals surface area contributed by atoms with Crippen molar-refractivity contribution in [1.82, 2.24) is 0 Å². The fourth-order valence-electron chi connectivity index (χ4n) is 2.03. The Morgan fingerprint density at radius 1 is 1.29 bits per heavy atom. The third-order valence-electron chi connectivity index (χ3n) is 2.98. The monoisotopic (exact) mass is 232 g/mol. The molecule has 90 valence electrons. The molecule has 0 atom stereocenters. The number of carbonyl (C=O) groups excluding carboxylic acids is 2. The summed E-state index contributed by atoms with van der Waals surface area (Å²) in [4.78, 5) is 24.0. The van der Waals surface area contributed by atoms with E-state index < -0.39 is 0 Å². The van der Waals surface area contributed by atoms with Crippen LogP contribution >= 0.6 is 0 Å². The standard InChI is InChI=1S/C13H16N2O2/c14-12(16)8-5-10-3-6-11(7-4-10)15-9-1-2-13(15)17/h3-4,6-7H,1-2,5,8-9H2,(H2,14,16). The Morgan fingerprint density at radius 2 is 2.00 bits per heavy atom. The Kier molecular flexibility index (Phi) is 3.42. The minimum absolute atomic E-state index is 0.190. The van der Waals surface area contributed by atoms with Crippen LogP contribution in [0.3, 0.4) is 0 Å². The van der Waals surface area contributed by atoms with E-state index in [1.165, 1.54) is 0 Å². The molecule has 1 aromatic carbocycles. The van der Waals surface area contributed by atoms with E-state index in [4.69, 9.17) is 5.73 Å². The highest BCUT2D eigenvalue weighted by molar-refractivity contribution is 5.95. The van der Waals surface area contributed by atoms with Crippen molar-refractivity contribution in [2.45, 2.75) is 25.7 Å². The molecular weight excluding hydrogens is 216 g/mol. The number of carbonyl (C=O) groups is 2. The maximum Gasteiger partial charge on any atom is 0.227 e. The van der Waals surface area contributed by atoms with E-state index in [0.29, 0.717) is 19.3 Å². The topological polar surface area (TPSA) is 63.4 Å². The molecule has 4 nitrogen and oxygen atoms in total. The first-order valence-electron chi connectivity index (χ1n) is 5.84. The molecule has 17 heavy (non-hydrogen) atoms. The van der Waals surface area contributed by atoms with Crippen LogP contribution in [0.1, 0.15) is 24.8 Å². The largest absolute Gasteiger partial charge is 0.370 e. The van der Waals surface area contributed by atoms with E-state index in [9.17, 15) is 9.59 Å². The summed E-state index contributed by atoms with van der Waals surface area (Å²) in [7, 11) is 0. The fourth-order valence-corrected chi connectivity index (χ4v) is 2.03. The van der Waals surface area contributed by atoms with Crippen LogP contribution in [0.15, 0.2) is 24.3 Å². The highest BCUT2D eigenvalue weighted by Gasteiger charge is 2.21. The molecule has 1 aliphatic rings. The fraction of sp³-hybridized carbons (Fsp3) is 0.385. The molecule has 0 unspecified atom stereocenters. The van der Waals surface area contributed by atoms with E-state index >= 15 is 0 Å². The molecule has 0 spiro atoms. The van der Waals surface area contributed by atoms with Crippen molar-refractivity contribution in [2.75, 3.05) is 11.4 Å². The molecule has 0 bridgehead atoms. The van der Waals surface area contributed by atoms with E-state index in [0.717, 1.165) is 24.2 Å². The van der Waals surface area contributed by atoms with Gasteiger partial charge in [-0.15, -0.1) is 0 Å². The molecule has 2 rings (SSSR count). The smallest absolute Gasteiger partial charge is 0.227 e. The van der Waals surface area contributed by atoms with Crippen LogP contribution in [0.4, 0.5) is 5.69 Å². The second-order valence-electron chi connectivity index (χ2n) is 4.28. The molecule has 1 aliphatic heterocycles. The number of rotatable bonds is 4. The van der Waals surface area contributed by atoms with Gasteiger partial charge in [-0.2, -0.15) is 0 Å². The Hall–Kier alpha value is -1.84. The number of aryl methyl sites for hydroxylation is 1. The van der Waals surface area contributed by atoms with Crippen molar-refractivity contribution < 1.29 is 9.59 Å². The third-order valence-corrected chi connectivity index (χ3v) is 2.98. The van der Waals surface area contributed by atoms with Crippen molar-refractivity contribution in [3.63, 3.8) is 0 Å². The van der Waals surface area contributed by atoms with Gasteiger partial charge in [0.25, 0.3) is 0 Å². The van der Waals surface area contributed by atoms with Crippen molar-refractivity contribution in [3.8, 4) is 0 Å². The second kappa shape index (κ2) is 4.99. The first-order valence-corrected chi connectivity index (χ1v) is 5.84. The van der Waals surface area contributed by atoms with E-state index in [1.807, 2.05) is 24.3 Å². The quantitative estimate of drug-likeness (QED) is 0.848. The molecule has 0 aliphatic carbocycles. The molecule has 1 fully saturated rings. The molecule has 0 aromatic heterocycles. The lowest BCUT2D eigenvalue weighted by atomic mass is 10.1. The van der Waals surface area contributed by atoms with Gasteiger partial charge >= 0.3 is 0 Å². The van der Waals surface area contributed by atoms with E-state index in [1.54, 1.807) is 4.90 Å². The predicted molar refractivity (Wildman–Crippen MR) is 65.5 cm³/mol. The summed E-state index contributed by atoms with van der Waals surface area (Å²) in [5, 5.41) is 0. The van der Waals surface area contributed by atoms with Crippen molar-refractivity contribution in [1.29, 1.82) is 0 Å². The minimum atomic E-state index is -0.288. The van der Waals surface area contributed by atoms with Gasteiger partial charge in [0, 0.05) is 25.1 Å². The lowest BCUT2D eigenvalue weighted by Gasteiger charge is -2.15. The van der Waals surface area contributed by atoms with Gasteiger partial charge < -0.3 is 10.6 Å². The van der Waals surface area contributed by atoms with Gasteiger partial charge in [0.15, 0.2) is 0 Å². The number of primary amides is 1. The average molecular weight is 232 g/mol. The van der Waals surface area contributed by atoms with Crippen molar-refractivity contribution in [2.24, 2.45) is 5.73 Å². The second-order valence-corrected chi connectivity index (χ2v) is 4.28. The summed E-state index contributed by atoms with van der Waals surface area (Å²) < 4.78 is 0. The van der Waals surface area contributed by atoms with Gasteiger partial charge in [0.2, 0.25) is 11.8 Å². The first kappa shape index (κ1) is 11.6. The van der Waals surface area contributed by atoms with Crippen molar-refractivity contribution in [3.05, 3.63) is 29.8 Å². The van der Waals surface area contributed by atoms with Gasteiger partial charge in [-0.05, 0) is 30.5 Å². The van der Waals surface area contributed by atoms with Crippen LogP contribution in [-0.2, 0) is 16.0 Å². The molecule has 1 heterocycles. The summed E-state index contributed by atoms with van der Waals surface area (Å²) in [6.45, 7) is 0.805. The number of benzene rings is 1. The summed E-state index contributed by atoms with van der Waals surface area (Å²) in [6.07, 6.45) is 2.59.